The molecule has 4 aromatic rings. The first kappa shape index (κ1) is 62.2. The van der Waals surface area contributed by atoms with Crippen molar-refractivity contribution in [3.05, 3.63) is 158 Å². The number of unbranched alkanes of at least 4 members (excludes halogenated alkanes) is 19. The molecule has 1 aliphatic heterocycles. The first-order valence-electron chi connectivity index (χ1n) is 30.7. The van der Waals surface area contributed by atoms with Gasteiger partial charge in [0.1, 0.15) is 0 Å². The van der Waals surface area contributed by atoms with Crippen LogP contribution < -0.4 is 0 Å². The Hall–Kier alpha value is -3.38. The first-order valence-corrected chi connectivity index (χ1v) is 32.9. The number of hydrogen-bond donors (Lipinski definition) is 0. The van der Waals surface area contributed by atoms with Crippen molar-refractivity contribution in [3.63, 3.8) is 0 Å². The van der Waals surface area contributed by atoms with E-state index in [9.17, 15) is 5.53 Å². The second-order valence-electron chi connectivity index (χ2n) is 21.6. The molecular weight excluding hydrogens is 975 g/mol. The molecular formula is C70H106N2Pd. The quantitative estimate of drug-likeness (QED) is 0.0242. The summed E-state index contributed by atoms with van der Waals surface area (Å²) < 4.78 is 1.65. The Kier molecular flexibility index (Phi) is 33.3. The standard InChI is InChI=1S/C56H92N2.2C7H7.Pd/c1-8-15-22-28-35-46-41-51(42-47(36-29-23-16-9-2)53(46)39-32-26-19-12-5)55-45-50(34-21-14-7)56(58(55)57)52-43-48(37-30-24-17-10-3)54(40-33-27-20-13-6)49(44-52)38-31-25-18-11-4;2*1-7-5-3-2-4-6-7;/h41-45H,8-40H2,1-7H3;2*2-6H,1H2;. The molecule has 1 heterocycles. The van der Waals surface area contributed by atoms with Gasteiger partial charge in [-0.25, -0.2) is 4.70 Å². The molecule has 0 amide bonds. The number of benzene rings is 4. The molecule has 2 nitrogen and oxygen atoms in total. The molecule has 0 radical (unpaired) electrons. The van der Waals surface area contributed by atoms with E-state index in [0.717, 1.165) is 74.3 Å². The Morgan fingerprint density at radius 1 is 0.356 bits per heavy atom. The molecule has 0 bridgehead atoms. The molecule has 0 atom stereocenters. The molecule has 1 aliphatic rings. The van der Waals surface area contributed by atoms with Crippen LogP contribution in [0.25, 0.3) is 16.9 Å². The van der Waals surface area contributed by atoms with E-state index >= 15 is 0 Å². The average molecular weight is 1080 g/mol. The second-order valence-corrected chi connectivity index (χ2v) is 23.5. The SMILES string of the molecule is CCCCCCc1cc(C2=CC(CCCC)=C(c3cc(CCCCCC)c(CCCCCC)c(CCCCCC)c3)[N+]2=[N-])cc(CCCCCC)c1CCCCCC.c1ccc([CH2][Pd][CH2]c2ccccc2)cc1. The average Bonchev–Trinajstić information content (AvgIpc) is 3.75. The van der Waals surface area contributed by atoms with E-state index in [-0.39, 0.29) is 0 Å². The third kappa shape index (κ3) is 23.2. The Balaban J connectivity index is 0.000000650. The van der Waals surface area contributed by atoms with E-state index in [1.54, 1.807) is 38.1 Å². The Morgan fingerprint density at radius 2 is 0.685 bits per heavy atom. The zero-order chi connectivity index (χ0) is 52.1. The van der Waals surface area contributed by atoms with Gasteiger partial charge >= 0.3 is 99.6 Å². The van der Waals surface area contributed by atoms with Gasteiger partial charge in [0.2, 0.25) is 11.4 Å². The van der Waals surface area contributed by atoms with Crippen molar-refractivity contribution in [3.8, 4) is 0 Å². The third-order valence-corrected chi connectivity index (χ3v) is 17.2. The molecule has 73 heavy (non-hydrogen) atoms. The Bertz CT molecular complexity index is 2040. The molecule has 0 unspecified atom stereocenters. The van der Waals surface area contributed by atoms with Crippen LogP contribution in [-0.2, 0) is 66.3 Å². The number of hydrogen-bond acceptors (Lipinski definition) is 0. The van der Waals surface area contributed by atoms with E-state index < -0.39 is 0 Å². The molecule has 0 saturated heterocycles. The van der Waals surface area contributed by atoms with Crippen LogP contribution in [0.4, 0.5) is 0 Å². The minimum absolute atomic E-state index is 0.793. The van der Waals surface area contributed by atoms with Crippen molar-refractivity contribution < 1.29 is 22.7 Å². The molecule has 0 spiro atoms. The maximum atomic E-state index is 12.6. The van der Waals surface area contributed by atoms with Gasteiger partial charge in [-0.1, -0.05) is 170 Å². The number of nitrogens with zero attached hydrogens (tertiary/aromatic N) is 2. The monoisotopic (exact) mass is 1080 g/mol. The van der Waals surface area contributed by atoms with Gasteiger partial charge in [-0.2, -0.15) is 0 Å². The molecule has 0 fully saturated rings. The first-order chi connectivity index (χ1) is 35.9. The van der Waals surface area contributed by atoms with Gasteiger partial charge in [0, 0.05) is 22.8 Å². The summed E-state index contributed by atoms with van der Waals surface area (Å²) in [6.07, 6.45) is 43.8. The summed E-state index contributed by atoms with van der Waals surface area (Å²) in [7, 11) is 0. The van der Waals surface area contributed by atoms with Gasteiger partial charge in [-0.05, 0) is 148 Å². The van der Waals surface area contributed by atoms with Crippen molar-refractivity contribution >= 4 is 11.4 Å². The fraction of sp³-hybridized carbons (Fsp3) is 0.600. The van der Waals surface area contributed by atoms with Gasteiger partial charge in [0.25, 0.3) is 0 Å². The van der Waals surface area contributed by atoms with Gasteiger partial charge in [0.05, 0.1) is 0 Å². The van der Waals surface area contributed by atoms with E-state index in [1.807, 2.05) is 0 Å². The van der Waals surface area contributed by atoms with Crippen LogP contribution in [0.15, 0.2) is 96.6 Å². The number of rotatable bonds is 39. The summed E-state index contributed by atoms with van der Waals surface area (Å²) in [4.78, 5) is 2.45. The van der Waals surface area contributed by atoms with Crippen molar-refractivity contribution in [2.75, 3.05) is 0 Å². The van der Waals surface area contributed by atoms with E-state index in [1.165, 1.54) is 205 Å². The summed E-state index contributed by atoms with van der Waals surface area (Å²) in [6.45, 7) is 16.3. The van der Waals surface area contributed by atoms with Crippen LogP contribution >= 0.6 is 0 Å². The van der Waals surface area contributed by atoms with Crippen LogP contribution in [0.3, 0.4) is 0 Å². The zero-order valence-corrected chi connectivity index (χ0v) is 49.7. The van der Waals surface area contributed by atoms with Crippen molar-refractivity contribution in [1.29, 1.82) is 0 Å². The topological polar surface area (TPSA) is 25.3 Å². The normalized spacial score (nSPS) is 12.5. The van der Waals surface area contributed by atoms with Crippen LogP contribution in [0.2, 0.25) is 0 Å². The van der Waals surface area contributed by atoms with Gasteiger partial charge in [-0.3, -0.25) is 0 Å². The van der Waals surface area contributed by atoms with Crippen LogP contribution in [0.5, 0.6) is 0 Å². The molecule has 0 saturated carbocycles. The van der Waals surface area contributed by atoms with Crippen molar-refractivity contribution in [2.24, 2.45) is 0 Å². The van der Waals surface area contributed by atoms with E-state index in [2.05, 4.69) is 139 Å². The fourth-order valence-corrected chi connectivity index (χ4v) is 12.6. The molecule has 0 aliphatic carbocycles. The Labute approximate surface area is 459 Å². The molecule has 406 valence electrons. The van der Waals surface area contributed by atoms with Crippen molar-refractivity contribution in [2.45, 2.75) is 270 Å². The predicted molar refractivity (Wildman–Crippen MR) is 318 cm³/mol. The molecule has 3 heteroatoms. The summed E-state index contributed by atoms with van der Waals surface area (Å²) in [5.41, 5.74) is 30.9. The van der Waals surface area contributed by atoms with Gasteiger partial charge in [0.15, 0.2) is 0 Å². The van der Waals surface area contributed by atoms with Crippen molar-refractivity contribution in [1.82, 2.24) is 0 Å². The zero-order valence-electron chi connectivity index (χ0n) is 48.1. The third-order valence-electron chi connectivity index (χ3n) is 15.2. The fourth-order valence-electron chi connectivity index (χ4n) is 10.8. The summed E-state index contributed by atoms with van der Waals surface area (Å²) in [5.74, 6) is 0. The van der Waals surface area contributed by atoms with Gasteiger partial charge < -0.3 is 5.53 Å². The van der Waals surface area contributed by atoms with Crippen LogP contribution in [0, 0.1) is 0 Å². The van der Waals surface area contributed by atoms with E-state index in [0.29, 0.717) is 0 Å². The Morgan fingerprint density at radius 3 is 1.03 bits per heavy atom. The summed E-state index contributed by atoms with van der Waals surface area (Å²) in [6, 6.07) is 31.6. The molecule has 0 N–H and O–H groups in total. The molecule has 0 aromatic heterocycles. The summed E-state index contributed by atoms with van der Waals surface area (Å²) >= 11 is 0.793. The van der Waals surface area contributed by atoms with Gasteiger partial charge in [-0.15, -0.1) is 0 Å². The predicted octanol–water partition coefficient (Wildman–Crippen LogP) is 21.9. The maximum absolute atomic E-state index is 12.6. The minimum atomic E-state index is 0.793. The number of aryl methyl sites for hydroxylation is 4. The second kappa shape index (κ2) is 39.1. The van der Waals surface area contributed by atoms with Crippen LogP contribution in [0.1, 0.15) is 277 Å². The molecule has 5 rings (SSSR count). The van der Waals surface area contributed by atoms with Crippen LogP contribution in [-0.4, -0.2) is 4.70 Å². The molecule has 4 aromatic carbocycles. The van der Waals surface area contributed by atoms with E-state index in [4.69, 9.17) is 0 Å². The number of allylic oxidation sites excluding steroid dienone is 2. The summed E-state index contributed by atoms with van der Waals surface area (Å²) in [5, 5.41) is 0.